The molecule has 0 aliphatic rings. The Kier molecular flexibility index (Phi) is 13.9. The SMILES string of the molecule is C=C(CC)C(=O)O.C=C(CCC(CC)CCCC)C(=O)O. The summed E-state index contributed by atoms with van der Waals surface area (Å²) in [7, 11) is 0. The molecule has 0 saturated carbocycles. The average Bonchev–Trinajstić information content (AvgIpc) is 2.46. The van der Waals surface area contributed by atoms with Crippen molar-refractivity contribution in [3.8, 4) is 0 Å². The molecule has 0 aliphatic carbocycles. The van der Waals surface area contributed by atoms with E-state index in [0.717, 1.165) is 12.8 Å². The van der Waals surface area contributed by atoms with Gasteiger partial charge in [-0.1, -0.05) is 59.6 Å². The number of carboxylic acid groups (broad SMARTS) is 2. The van der Waals surface area contributed by atoms with Crippen LogP contribution in [0.2, 0.25) is 0 Å². The first-order valence-electron chi connectivity index (χ1n) is 7.62. The van der Waals surface area contributed by atoms with Crippen molar-refractivity contribution in [2.75, 3.05) is 0 Å². The van der Waals surface area contributed by atoms with Gasteiger partial charge in [-0.3, -0.25) is 0 Å². The Labute approximate surface area is 128 Å². The van der Waals surface area contributed by atoms with E-state index < -0.39 is 11.9 Å². The molecule has 0 fully saturated rings. The van der Waals surface area contributed by atoms with Gasteiger partial charge < -0.3 is 10.2 Å². The maximum atomic E-state index is 10.5. The first-order valence-corrected chi connectivity index (χ1v) is 7.62. The first-order chi connectivity index (χ1) is 9.79. The van der Waals surface area contributed by atoms with Crippen LogP contribution < -0.4 is 0 Å². The van der Waals surface area contributed by atoms with Crippen molar-refractivity contribution in [1.29, 1.82) is 0 Å². The van der Waals surface area contributed by atoms with Crippen molar-refractivity contribution in [3.05, 3.63) is 24.3 Å². The van der Waals surface area contributed by atoms with E-state index in [-0.39, 0.29) is 5.57 Å². The van der Waals surface area contributed by atoms with E-state index in [1.54, 1.807) is 6.92 Å². The molecular weight excluding hydrogens is 268 g/mol. The lowest BCUT2D eigenvalue weighted by atomic mass is 9.93. The van der Waals surface area contributed by atoms with E-state index in [1.807, 2.05) is 0 Å². The van der Waals surface area contributed by atoms with Gasteiger partial charge in [0.05, 0.1) is 0 Å². The van der Waals surface area contributed by atoms with E-state index in [2.05, 4.69) is 27.0 Å². The van der Waals surface area contributed by atoms with Crippen molar-refractivity contribution in [2.24, 2.45) is 5.92 Å². The molecule has 0 heterocycles. The third-order valence-electron chi connectivity index (χ3n) is 3.43. The molecule has 0 aromatic heterocycles. The smallest absolute Gasteiger partial charge is 0.330 e. The molecule has 4 heteroatoms. The second-order valence-electron chi connectivity index (χ2n) is 5.13. The highest BCUT2D eigenvalue weighted by Gasteiger charge is 2.09. The molecule has 2 N–H and O–H groups in total. The summed E-state index contributed by atoms with van der Waals surface area (Å²) in [6, 6.07) is 0. The monoisotopic (exact) mass is 298 g/mol. The lowest BCUT2D eigenvalue weighted by Crippen LogP contribution is -2.04. The van der Waals surface area contributed by atoms with Crippen LogP contribution in [-0.2, 0) is 9.59 Å². The largest absolute Gasteiger partial charge is 0.478 e. The van der Waals surface area contributed by atoms with Gasteiger partial charge in [0.15, 0.2) is 0 Å². The number of unbranched alkanes of at least 4 members (excludes halogenated alkanes) is 1. The number of rotatable bonds is 10. The second kappa shape index (κ2) is 13.4. The molecule has 0 saturated heterocycles. The fourth-order valence-corrected chi connectivity index (χ4v) is 1.68. The molecular formula is C17H30O4. The number of carboxylic acids is 2. The van der Waals surface area contributed by atoms with Gasteiger partial charge in [0.1, 0.15) is 0 Å². The summed E-state index contributed by atoms with van der Waals surface area (Å²) >= 11 is 0. The summed E-state index contributed by atoms with van der Waals surface area (Å²) in [5.41, 5.74) is 0.611. The zero-order chi connectivity index (χ0) is 16.8. The van der Waals surface area contributed by atoms with Gasteiger partial charge in [0.2, 0.25) is 0 Å². The van der Waals surface area contributed by atoms with E-state index >= 15 is 0 Å². The van der Waals surface area contributed by atoms with E-state index in [4.69, 9.17) is 10.2 Å². The number of aliphatic carboxylic acids is 2. The van der Waals surface area contributed by atoms with Crippen LogP contribution >= 0.6 is 0 Å². The van der Waals surface area contributed by atoms with Crippen molar-refractivity contribution >= 4 is 11.9 Å². The molecule has 1 unspecified atom stereocenters. The summed E-state index contributed by atoms with van der Waals surface area (Å²) in [4.78, 5) is 20.3. The molecule has 0 aliphatic heterocycles. The van der Waals surface area contributed by atoms with Crippen molar-refractivity contribution in [2.45, 2.75) is 65.7 Å². The fraction of sp³-hybridized carbons (Fsp3) is 0.647. The highest BCUT2D eigenvalue weighted by Crippen LogP contribution is 2.20. The van der Waals surface area contributed by atoms with Crippen molar-refractivity contribution in [1.82, 2.24) is 0 Å². The topological polar surface area (TPSA) is 74.6 Å². The summed E-state index contributed by atoms with van der Waals surface area (Å²) in [5.74, 6) is -1.08. The molecule has 0 rings (SSSR count). The number of carbonyl (C=O) groups is 2. The molecule has 4 nitrogen and oxygen atoms in total. The van der Waals surface area contributed by atoms with Crippen LogP contribution in [0.4, 0.5) is 0 Å². The standard InChI is InChI=1S/C12H22O2.C5H8O2/c1-4-6-7-11(5-2)9-8-10(3)12(13)14;1-3-4(2)5(6)7/h11H,3-9H2,1-2H3,(H,13,14);2-3H2,1H3,(H,6,7). The van der Waals surface area contributed by atoms with Crippen LogP contribution in [-0.4, -0.2) is 22.2 Å². The summed E-state index contributed by atoms with van der Waals surface area (Å²) in [6.45, 7) is 12.9. The van der Waals surface area contributed by atoms with Crippen LogP contribution in [0.25, 0.3) is 0 Å². The lowest BCUT2D eigenvalue weighted by molar-refractivity contribution is -0.133. The Morgan fingerprint density at radius 1 is 0.952 bits per heavy atom. The minimum atomic E-state index is -0.900. The van der Waals surface area contributed by atoms with Gasteiger partial charge in [0.25, 0.3) is 0 Å². The van der Waals surface area contributed by atoms with Crippen molar-refractivity contribution in [3.63, 3.8) is 0 Å². The van der Waals surface area contributed by atoms with Gasteiger partial charge in [-0.15, -0.1) is 0 Å². The average molecular weight is 298 g/mol. The Morgan fingerprint density at radius 2 is 1.48 bits per heavy atom. The van der Waals surface area contributed by atoms with Crippen molar-refractivity contribution < 1.29 is 19.8 Å². The molecule has 0 aromatic carbocycles. The molecule has 0 spiro atoms. The summed E-state index contributed by atoms with van der Waals surface area (Å²) in [5, 5.41) is 16.7. The summed E-state index contributed by atoms with van der Waals surface area (Å²) < 4.78 is 0. The third kappa shape index (κ3) is 13.2. The van der Waals surface area contributed by atoms with Crippen LogP contribution in [0, 0.1) is 5.92 Å². The van der Waals surface area contributed by atoms with Gasteiger partial charge in [-0.05, 0) is 25.2 Å². The maximum absolute atomic E-state index is 10.5. The van der Waals surface area contributed by atoms with Gasteiger partial charge >= 0.3 is 11.9 Å². The van der Waals surface area contributed by atoms with Crippen LogP contribution in [0.15, 0.2) is 24.3 Å². The molecule has 122 valence electrons. The minimum Gasteiger partial charge on any atom is -0.478 e. The molecule has 0 bridgehead atoms. The predicted molar refractivity (Wildman–Crippen MR) is 86.4 cm³/mol. The zero-order valence-corrected chi connectivity index (χ0v) is 13.7. The maximum Gasteiger partial charge on any atom is 0.330 e. The van der Waals surface area contributed by atoms with Gasteiger partial charge in [0, 0.05) is 11.1 Å². The first kappa shape index (κ1) is 21.7. The minimum absolute atomic E-state index is 0.264. The van der Waals surface area contributed by atoms with Gasteiger partial charge in [-0.2, -0.15) is 0 Å². The Bertz CT molecular complexity index is 345. The van der Waals surface area contributed by atoms with Crippen LogP contribution in [0.5, 0.6) is 0 Å². The zero-order valence-electron chi connectivity index (χ0n) is 13.7. The fourth-order valence-electron chi connectivity index (χ4n) is 1.68. The molecule has 0 radical (unpaired) electrons. The van der Waals surface area contributed by atoms with Crippen LogP contribution in [0.1, 0.15) is 65.7 Å². The molecule has 0 aromatic rings. The second-order valence-corrected chi connectivity index (χ2v) is 5.13. The molecule has 21 heavy (non-hydrogen) atoms. The lowest BCUT2D eigenvalue weighted by Gasteiger charge is -2.13. The van der Waals surface area contributed by atoms with E-state index in [9.17, 15) is 9.59 Å². The Hall–Kier alpha value is -1.58. The molecule has 1 atom stereocenters. The summed E-state index contributed by atoms with van der Waals surface area (Å²) in [6.07, 6.45) is 6.97. The number of hydrogen-bond acceptors (Lipinski definition) is 2. The predicted octanol–water partition coefficient (Wildman–Crippen LogP) is 4.66. The highest BCUT2D eigenvalue weighted by molar-refractivity contribution is 5.85. The quantitative estimate of drug-likeness (QED) is 0.575. The van der Waals surface area contributed by atoms with Crippen LogP contribution in [0.3, 0.4) is 0 Å². The Balaban J connectivity index is 0. The van der Waals surface area contributed by atoms with E-state index in [1.165, 1.54) is 19.3 Å². The molecule has 0 amide bonds. The third-order valence-corrected chi connectivity index (χ3v) is 3.43. The van der Waals surface area contributed by atoms with Gasteiger partial charge in [-0.25, -0.2) is 9.59 Å². The normalized spacial score (nSPS) is 11.0. The number of hydrogen-bond donors (Lipinski definition) is 2. The highest BCUT2D eigenvalue weighted by atomic mass is 16.4. The van der Waals surface area contributed by atoms with E-state index in [0.29, 0.717) is 24.3 Å². The Morgan fingerprint density at radius 3 is 1.76 bits per heavy atom.